The van der Waals surface area contributed by atoms with Gasteiger partial charge >= 0.3 is 6.61 Å². The molecule has 0 atom stereocenters. The minimum absolute atomic E-state index is 0.0906. The summed E-state index contributed by atoms with van der Waals surface area (Å²) in [5, 5.41) is 0.593. The van der Waals surface area contributed by atoms with Crippen LogP contribution in [-0.4, -0.2) is 16.6 Å². The van der Waals surface area contributed by atoms with Gasteiger partial charge in [0.2, 0.25) is 0 Å². The summed E-state index contributed by atoms with van der Waals surface area (Å²) in [5.41, 5.74) is 1.98. The van der Waals surface area contributed by atoms with E-state index in [9.17, 15) is 8.78 Å². The van der Waals surface area contributed by atoms with Gasteiger partial charge in [0.1, 0.15) is 5.52 Å². The molecule has 1 N–H and O–H groups in total. The third kappa shape index (κ3) is 2.20. The topological polar surface area (TPSA) is 37.9 Å². The Morgan fingerprint density at radius 2 is 2.19 bits per heavy atom. The highest BCUT2D eigenvalue weighted by atomic mass is 79.9. The zero-order valence-corrected chi connectivity index (χ0v) is 11.0. The summed E-state index contributed by atoms with van der Waals surface area (Å²) in [6.45, 7) is -2.85. The van der Waals surface area contributed by atoms with E-state index in [4.69, 9.17) is 0 Å². The number of aromatic nitrogens is 2. The van der Waals surface area contributed by atoms with Crippen molar-refractivity contribution < 1.29 is 13.5 Å². The molecule has 2 aromatic rings. The van der Waals surface area contributed by atoms with Crippen LogP contribution in [0.25, 0.3) is 11.0 Å². The molecule has 0 radical (unpaired) electrons. The van der Waals surface area contributed by atoms with E-state index in [1.807, 2.05) is 0 Å². The van der Waals surface area contributed by atoms with E-state index in [2.05, 4.69) is 46.6 Å². The molecule has 0 aliphatic carbocycles. The number of nitrogens with zero attached hydrogens (tertiary/aromatic N) is 1. The molecule has 1 aromatic heterocycles. The summed E-state index contributed by atoms with van der Waals surface area (Å²) >= 11 is 6.47. The number of rotatable bonds is 3. The third-order valence-corrected chi connectivity index (χ3v) is 3.00. The minimum Gasteiger partial charge on any atom is -0.433 e. The molecule has 0 aliphatic heterocycles. The number of fused-ring (bicyclic) bond motifs is 1. The summed E-state index contributed by atoms with van der Waals surface area (Å²) < 4.78 is 29.2. The van der Waals surface area contributed by atoms with Crippen LogP contribution in [-0.2, 0) is 5.33 Å². The van der Waals surface area contributed by atoms with Crippen molar-refractivity contribution in [3.63, 3.8) is 0 Å². The summed E-state index contributed by atoms with van der Waals surface area (Å²) in [7, 11) is 0. The number of halogens is 4. The van der Waals surface area contributed by atoms with Crippen LogP contribution in [0.2, 0.25) is 0 Å². The molecule has 0 saturated heterocycles. The lowest BCUT2D eigenvalue weighted by Gasteiger charge is -2.06. The number of hydrogen-bond acceptors (Lipinski definition) is 2. The lowest BCUT2D eigenvalue weighted by molar-refractivity contribution is -0.0489. The van der Waals surface area contributed by atoms with E-state index >= 15 is 0 Å². The Balaban J connectivity index is 2.59. The van der Waals surface area contributed by atoms with Crippen molar-refractivity contribution in [1.82, 2.24) is 9.97 Å². The molecule has 2 rings (SSSR count). The van der Waals surface area contributed by atoms with E-state index < -0.39 is 6.61 Å². The van der Waals surface area contributed by atoms with Crippen LogP contribution in [0.3, 0.4) is 0 Å². The Labute approximate surface area is 106 Å². The molecule has 0 amide bonds. The molecular formula is C9H6Br2F2N2O. The van der Waals surface area contributed by atoms with Crippen LogP contribution in [0.1, 0.15) is 5.56 Å². The van der Waals surface area contributed by atoms with Gasteiger partial charge in [0, 0.05) is 5.33 Å². The number of aromatic amines is 1. The highest BCUT2D eigenvalue weighted by molar-refractivity contribution is 9.10. The second kappa shape index (κ2) is 4.67. The molecule has 0 bridgehead atoms. The van der Waals surface area contributed by atoms with Gasteiger partial charge in [-0.1, -0.05) is 22.0 Å². The highest BCUT2D eigenvalue weighted by Crippen LogP contribution is 2.30. The molecule has 0 unspecified atom stereocenters. The van der Waals surface area contributed by atoms with Crippen LogP contribution < -0.4 is 4.74 Å². The first-order valence-electron chi connectivity index (χ1n) is 4.29. The van der Waals surface area contributed by atoms with Gasteiger partial charge in [-0.05, 0) is 27.6 Å². The number of alkyl halides is 3. The van der Waals surface area contributed by atoms with Crippen LogP contribution >= 0.6 is 31.9 Å². The maximum atomic E-state index is 12.2. The lowest BCUT2D eigenvalue weighted by Crippen LogP contribution is -2.02. The SMILES string of the molecule is FC(F)Oc1ccc(CBr)c2nc(Br)[nH]c12. The van der Waals surface area contributed by atoms with Crippen LogP contribution in [0.5, 0.6) is 5.75 Å². The highest BCUT2D eigenvalue weighted by Gasteiger charge is 2.14. The summed E-state index contributed by atoms with van der Waals surface area (Å²) in [6.07, 6.45) is 0. The lowest BCUT2D eigenvalue weighted by atomic mass is 10.2. The van der Waals surface area contributed by atoms with Gasteiger partial charge < -0.3 is 9.72 Å². The monoisotopic (exact) mass is 354 g/mol. The molecule has 1 aromatic carbocycles. The van der Waals surface area contributed by atoms with Gasteiger partial charge in [-0.25, -0.2) is 4.98 Å². The third-order valence-electron chi connectivity index (χ3n) is 2.02. The molecule has 0 fully saturated rings. The van der Waals surface area contributed by atoms with Gasteiger partial charge in [-0.2, -0.15) is 8.78 Å². The molecule has 0 aliphatic rings. The zero-order valence-electron chi connectivity index (χ0n) is 7.81. The largest absolute Gasteiger partial charge is 0.433 e. The van der Waals surface area contributed by atoms with Crippen molar-refractivity contribution in [2.75, 3.05) is 0 Å². The molecule has 0 saturated carbocycles. The van der Waals surface area contributed by atoms with Gasteiger partial charge in [-0.15, -0.1) is 0 Å². The fourth-order valence-corrected chi connectivity index (χ4v) is 2.22. The Kier molecular flexibility index (Phi) is 3.44. The first-order chi connectivity index (χ1) is 7.61. The second-order valence-corrected chi connectivity index (χ2v) is 4.30. The Bertz CT molecular complexity index is 515. The summed E-state index contributed by atoms with van der Waals surface area (Å²) in [6, 6.07) is 3.19. The molecule has 1 heterocycles. The summed E-state index contributed by atoms with van der Waals surface area (Å²) in [4.78, 5) is 6.99. The van der Waals surface area contributed by atoms with Gasteiger partial charge in [0.15, 0.2) is 10.5 Å². The second-order valence-electron chi connectivity index (χ2n) is 2.99. The van der Waals surface area contributed by atoms with Crippen molar-refractivity contribution in [2.24, 2.45) is 0 Å². The average Bonchev–Trinajstić information content (AvgIpc) is 2.59. The number of H-pyrrole nitrogens is 1. The fourth-order valence-electron chi connectivity index (χ4n) is 1.40. The van der Waals surface area contributed by atoms with E-state index in [0.717, 1.165) is 5.56 Å². The first-order valence-corrected chi connectivity index (χ1v) is 6.21. The predicted octanol–water partition coefficient (Wildman–Crippen LogP) is 3.82. The number of nitrogens with one attached hydrogen (secondary N) is 1. The molecule has 7 heteroatoms. The minimum atomic E-state index is -2.85. The van der Waals surface area contributed by atoms with Crippen molar-refractivity contribution in [3.8, 4) is 5.75 Å². The Hall–Kier alpha value is -0.690. The molecule has 86 valence electrons. The average molecular weight is 356 g/mol. The summed E-state index contributed by atoms with van der Waals surface area (Å²) in [5.74, 6) is 0.0906. The normalized spacial score (nSPS) is 11.3. The van der Waals surface area contributed by atoms with Gasteiger partial charge in [0.05, 0.1) is 5.52 Å². The molecule has 0 spiro atoms. The quantitative estimate of drug-likeness (QED) is 0.850. The maximum Gasteiger partial charge on any atom is 0.387 e. The standard InChI is InChI=1S/C9H6Br2F2N2O/c10-3-4-1-2-5(16-9(12)13)7-6(4)14-8(11)15-7/h1-2,9H,3H2,(H,14,15). The van der Waals surface area contributed by atoms with Crippen molar-refractivity contribution in [2.45, 2.75) is 11.9 Å². The van der Waals surface area contributed by atoms with E-state index in [1.165, 1.54) is 6.07 Å². The smallest absolute Gasteiger partial charge is 0.387 e. The van der Waals surface area contributed by atoms with Crippen LogP contribution in [0.4, 0.5) is 8.78 Å². The van der Waals surface area contributed by atoms with Gasteiger partial charge in [0.25, 0.3) is 0 Å². The van der Waals surface area contributed by atoms with Crippen molar-refractivity contribution >= 4 is 42.9 Å². The van der Waals surface area contributed by atoms with Crippen LogP contribution in [0, 0.1) is 0 Å². The predicted molar refractivity (Wildman–Crippen MR) is 63.1 cm³/mol. The molecule has 3 nitrogen and oxygen atoms in total. The number of imidazole rings is 1. The Morgan fingerprint density at radius 3 is 2.81 bits per heavy atom. The maximum absolute atomic E-state index is 12.2. The number of benzene rings is 1. The fraction of sp³-hybridized carbons (Fsp3) is 0.222. The van der Waals surface area contributed by atoms with Crippen LogP contribution in [0.15, 0.2) is 16.9 Å². The van der Waals surface area contributed by atoms with E-state index in [-0.39, 0.29) is 5.75 Å². The number of ether oxygens (including phenoxy) is 1. The van der Waals surface area contributed by atoms with Gasteiger partial charge in [-0.3, -0.25) is 0 Å². The molecular weight excluding hydrogens is 350 g/mol. The van der Waals surface area contributed by atoms with Crippen molar-refractivity contribution in [3.05, 3.63) is 22.4 Å². The zero-order chi connectivity index (χ0) is 11.7. The number of hydrogen-bond donors (Lipinski definition) is 1. The van der Waals surface area contributed by atoms with E-state index in [1.54, 1.807) is 6.07 Å². The van der Waals surface area contributed by atoms with Crippen molar-refractivity contribution in [1.29, 1.82) is 0 Å². The first kappa shape index (κ1) is 11.8. The molecule has 16 heavy (non-hydrogen) atoms. The van der Waals surface area contributed by atoms with E-state index in [0.29, 0.717) is 21.1 Å². The Morgan fingerprint density at radius 1 is 1.44 bits per heavy atom.